The Hall–Kier alpha value is -2.08. The van der Waals surface area contributed by atoms with Crippen LogP contribution in [-0.2, 0) is 16.1 Å². The first-order valence-electron chi connectivity index (χ1n) is 7.83. The minimum atomic E-state index is -0.0788. The molecule has 1 aromatic heterocycles. The Bertz CT molecular complexity index is 821. The third-order valence-electron chi connectivity index (χ3n) is 4.65. The number of rotatable bonds is 4. The van der Waals surface area contributed by atoms with Gasteiger partial charge in [-0.3, -0.25) is 9.59 Å². The Balaban J connectivity index is 1.70. The molecule has 1 saturated heterocycles. The fourth-order valence-corrected chi connectivity index (χ4v) is 3.43. The molecule has 24 heavy (non-hydrogen) atoms. The van der Waals surface area contributed by atoms with Gasteiger partial charge in [0.1, 0.15) is 6.54 Å². The number of nitrogens with zero attached hydrogens (tertiary/aromatic N) is 3. The number of aromatic nitrogens is 1. The van der Waals surface area contributed by atoms with E-state index in [1.165, 1.54) is 6.08 Å². The average Bonchev–Trinajstić information content (AvgIpc) is 2.80. The number of likely N-dealkylation sites (tertiary alicyclic amines) is 1. The maximum absolute atomic E-state index is 12.6. The summed E-state index contributed by atoms with van der Waals surface area (Å²) in [4.78, 5) is 27.6. The number of likely N-dealkylation sites (N-methyl/N-ethyl adjacent to an activating group) is 1. The highest BCUT2D eigenvalue weighted by Gasteiger charge is 2.34. The average molecular weight is 390 g/mol. The molecular weight excluding hydrogens is 370 g/mol. The molecule has 0 radical (unpaired) electrons. The van der Waals surface area contributed by atoms with E-state index in [9.17, 15) is 9.59 Å². The van der Waals surface area contributed by atoms with Crippen LogP contribution in [-0.4, -0.2) is 52.4 Å². The van der Waals surface area contributed by atoms with Gasteiger partial charge < -0.3 is 14.4 Å². The molecular formula is C18H20BrN3O2. The number of benzene rings is 1. The van der Waals surface area contributed by atoms with Crippen molar-refractivity contribution in [1.82, 2.24) is 14.4 Å². The van der Waals surface area contributed by atoms with E-state index in [4.69, 9.17) is 0 Å². The molecule has 0 aliphatic carbocycles. The topological polar surface area (TPSA) is 45.6 Å². The lowest BCUT2D eigenvalue weighted by Crippen LogP contribution is -2.61. The first-order chi connectivity index (χ1) is 11.4. The maximum atomic E-state index is 12.6. The summed E-state index contributed by atoms with van der Waals surface area (Å²) >= 11 is 3.48. The second-order valence-electron chi connectivity index (χ2n) is 6.18. The quantitative estimate of drug-likeness (QED) is 0.754. The van der Waals surface area contributed by atoms with E-state index in [-0.39, 0.29) is 17.9 Å². The fourth-order valence-electron chi connectivity index (χ4n) is 3.05. The van der Waals surface area contributed by atoms with E-state index in [1.807, 2.05) is 23.6 Å². The molecule has 0 spiro atoms. The van der Waals surface area contributed by atoms with Gasteiger partial charge in [-0.05, 0) is 37.3 Å². The van der Waals surface area contributed by atoms with Gasteiger partial charge in [-0.1, -0.05) is 22.5 Å². The Morgan fingerprint density at radius 2 is 2.08 bits per heavy atom. The Kier molecular flexibility index (Phi) is 4.49. The Labute approximate surface area is 149 Å². The number of aryl methyl sites for hydroxylation is 1. The molecule has 2 aromatic rings. The minimum absolute atomic E-state index is 0.0502. The highest BCUT2D eigenvalue weighted by molar-refractivity contribution is 9.10. The van der Waals surface area contributed by atoms with Gasteiger partial charge in [0.05, 0.1) is 6.04 Å². The predicted molar refractivity (Wildman–Crippen MR) is 97.7 cm³/mol. The number of halogens is 1. The molecule has 1 fully saturated rings. The van der Waals surface area contributed by atoms with E-state index in [2.05, 4.69) is 34.6 Å². The van der Waals surface area contributed by atoms with Gasteiger partial charge >= 0.3 is 0 Å². The van der Waals surface area contributed by atoms with Crippen LogP contribution >= 0.6 is 15.9 Å². The minimum Gasteiger partial charge on any atom is -0.338 e. The van der Waals surface area contributed by atoms with E-state index in [0.29, 0.717) is 19.6 Å². The first-order valence-corrected chi connectivity index (χ1v) is 8.62. The molecule has 0 unspecified atom stereocenters. The van der Waals surface area contributed by atoms with Gasteiger partial charge in [0.15, 0.2) is 0 Å². The van der Waals surface area contributed by atoms with Crippen LogP contribution in [0, 0.1) is 6.92 Å². The van der Waals surface area contributed by atoms with E-state index >= 15 is 0 Å². The van der Waals surface area contributed by atoms with Crippen LogP contribution in [0.15, 0.2) is 41.4 Å². The van der Waals surface area contributed by atoms with Crippen molar-refractivity contribution in [2.45, 2.75) is 19.5 Å². The molecule has 6 heteroatoms. The first kappa shape index (κ1) is 16.8. The number of hydrogen-bond donors (Lipinski definition) is 0. The molecule has 2 heterocycles. The van der Waals surface area contributed by atoms with Crippen LogP contribution in [0.3, 0.4) is 0 Å². The molecule has 1 aliphatic rings. The second-order valence-corrected chi connectivity index (χ2v) is 7.10. The molecule has 2 amide bonds. The summed E-state index contributed by atoms with van der Waals surface area (Å²) in [7, 11) is 1.81. The molecule has 3 rings (SSSR count). The van der Waals surface area contributed by atoms with Crippen LogP contribution in [0.2, 0.25) is 0 Å². The van der Waals surface area contributed by atoms with Crippen LogP contribution in [0.5, 0.6) is 0 Å². The summed E-state index contributed by atoms with van der Waals surface area (Å²) < 4.78 is 3.06. The predicted octanol–water partition coefficient (Wildman–Crippen LogP) is 2.57. The zero-order chi connectivity index (χ0) is 17.4. The van der Waals surface area contributed by atoms with Gasteiger partial charge in [-0.2, -0.15) is 0 Å². The summed E-state index contributed by atoms with van der Waals surface area (Å²) in [6.45, 7) is 6.95. The molecule has 0 atom stereocenters. The Morgan fingerprint density at radius 1 is 1.38 bits per heavy atom. The van der Waals surface area contributed by atoms with Crippen molar-refractivity contribution in [2.24, 2.45) is 0 Å². The number of hydrogen-bond acceptors (Lipinski definition) is 2. The van der Waals surface area contributed by atoms with Crippen LogP contribution in [0.25, 0.3) is 10.9 Å². The van der Waals surface area contributed by atoms with Crippen molar-refractivity contribution < 1.29 is 9.59 Å². The maximum Gasteiger partial charge on any atom is 0.246 e. The second kappa shape index (κ2) is 6.43. The molecule has 0 saturated carbocycles. The van der Waals surface area contributed by atoms with Gasteiger partial charge in [-0.25, -0.2) is 0 Å². The highest BCUT2D eigenvalue weighted by Crippen LogP contribution is 2.24. The molecule has 5 nitrogen and oxygen atoms in total. The van der Waals surface area contributed by atoms with Gasteiger partial charge in [-0.15, -0.1) is 0 Å². The number of fused-ring (bicyclic) bond motifs is 1. The lowest BCUT2D eigenvalue weighted by atomic mass is 10.1. The van der Waals surface area contributed by atoms with Gasteiger partial charge in [0, 0.05) is 41.2 Å². The smallest absolute Gasteiger partial charge is 0.246 e. The number of carbonyl (C=O) groups is 2. The van der Waals surface area contributed by atoms with Gasteiger partial charge in [0.2, 0.25) is 11.8 Å². The summed E-state index contributed by atoms with van der Waals surface area (Å²) in [6.07, 6.45) is 1.31. The third-order valence-corrected chi connectivity index (χ3v) is 5.15. The van der Waals surface area contributed by atoms with E-state index < -0.39 is 0 Å². The van der Waals surface area contributed by atoms with Crippen molar-refractivity contribution in [1.29, 1.82) is 0 Å². The van der Waals surface area contributed by atoms with Crippen molar-refractivity contribution in [3.8, 4) is 0 Å². The molecule has 0 N–H and O–H groups in total. The summed E-state index contributed by atoms with van der Waals surface area (Å²) in [5.41, 5.74) is 2.11. The summed E-state index contributed by atoms with van der Waals surface area (Å²) in [6, 6.07) is 8.22. The normalized spacial score (nSPS) is 14.5. The molecule has 1 aliphatic heterocycles. The third kappa shape index (κ3) is 2.98. The van der Waals surface area contributed by atoms with Gasteiger partial charge in [0.25, 0.3) is 0 Å². The van der Waals surface area contributed by atoms with Crippen molar-refractivity contribution in [3.63, 3.8) is 0 Å². The number of amides is 2. The fraction of sp³-hybridized carbons (Fsp3) is 0.333. The van der Waals surface area contributed by atoms with E-state index in [0.717, 1.165) is 21.1 Å². The van der Waals surface area contributed by atoms with Crippen molar-refractivity contribution >= 4 is 38.6 Å². The highest BCUT2D eigenvalue weighted by atomic mass is 79.9. The number of carbonyl (C=O) groups excluding carboxylic acids is 2. The van der Waals surface area contributed by atoms with Crippen molar-refractivity contribution in [2.75, 3.05) is 20.1 Å². The van der Waals surface area contributed by atoms with Crippen LogP contribution < -0.4 is 0 Å². The zero-order valence-corrected chi connectivity index (χ0v) is 15.4. The Morgan fingerprint density at radius 3 is 2.75 bits per heavy atom. The monoisotopic (exact) mass is 389 g/mol. The summed E-state index contributed by atoms with van der Waals surface area (Å²) in [5.74, 6) is -0.0286. The molecule has 0 bridgehead atoms. The zero-order valence-electron chi connectivity index (χ0n) is 13.8. The van der Waals surface area contributed by atoms with Crippen LogP contribution in [0.1, 0.15) is 5.69 Å². The summed E-state index contributed by atoms with van der Waals surface area (Å²) in [5, 5.41) is 1.11. The SMILES string of the molecule is C=CC(=O)N1CC(N(C)C(=O)Cn2c(C)cc3cc(Br)ccc32)C1. The largest absolute Gasteiger partial charge is 0.338 e. The van der Waals surface area contributed by atoms with E-state index in [1.54, 1.807) is 16.8 Å². The van der Waals surface area contributed by atoms with Crippen LogP contribution in [0.4, 0.5) is 0 Å². The lowest BCUT2D eigenvalue weighted by Gasteiger charge is -2.43. The molecule has 126 valence electrons. The standard InChI is InChI=1S/C18H20BrN3O2/c1-4-17(23)21-9-15(10-21)20(3)18(24)11-22-12(2)7-13-8-14(19)5-6-16(13)22/h4-8,15H,1,9-11H2,2-3H3. The van der Waals surface area contributed by atoms with Crippen molar-refractivity contribution in [3.05, 3.63) is 47.1 Å². The lowest BCUT2D eigenvalue weighted by molar-refractivity contribution is -0.142. The molecule has 1 aromatic carbocycles.